The minimum Gasteiger partial charge on any atom is -0.399 e. The maximum Gasteiger partial charge on any atom is 0.232 e. The predicted octanol–water partition coefficient (Wildman–Crippen LogP) is 0.188. The topological polar surface area (TPSA) is 130 Å². The van der Waals surface area contributed by atoms with Crippen molar-refractivity contribution in [1.82, 2.24) is 4.31 Å². The van der Waals surface area contributed by atoms with Gasteiger partial charge in [-0.05, 0) is 24.1 Å². The number of primary amides is 1. The Morgan fingerprint density at radius 1 is 1.48 bits per heavy atom. The molecule has 0 aliphatic heterocycles. The van der Waals surface area contributed by atoms with Crippen LogP contribution in [-0.4, -0.2) is 30.4 Å². The number of nitriles is 1. The molecule has 0 saturated heterocycles. The summed E-state index contributed by atoms with van der Waals surface area (Å²) in [6.45, 7) is 1.05. The van der Waals surface area contributed by atoms with Crippen molar-refractivity contribution in [2.75, 3.05) is 12.3 Å². The molecular weight excluding hydrogens is 292 g/mol. The molecule has 0 spiro atoms. The molecular formula is C13H18N4O3S. The van der Waals surface area contributed by atoms with Gasteiger partial charge in [0.2, 0.25) is 15.9 Å². The minimum absolute atomic E-state index is 0.0610. The Labute approximate surface area is 124 Å². The first kappa shape index (κ1) is 16.9. The summed E-state index contributed by atoms with van der Waals surface area (Å²) < 4.78 is 25.7. The molecule has 0 radical (unpaired) electrons. The molecule has 8 heteroatoms. The first-order chi connectivity index (χ1) is 9.81. The Hall–Kier alpha value is -2.11. The number of hydrogen-bond acceptors (Lipinski definition) is 5. The van der Waals surface area contributed by atoms with E-state index in [1.807, 2.05) is 0 Å². The van der Waals surface area contributed by atoms with Crippen LogP contribution in [0, 0.1) is 11.3 Å². The summed E-state index contributed by atoms with van der Waals surface area (Å²) >= 11 is 0. The molecule has 1 aromatic carbocycles. The van der Waals surface area contributed by atoms with Gasteiger partial charge in [0, 0.05) is 12.2 Å². The first-order valence-electron chi connectivity index (χ1n) is 6.32. The van der Waals surface area contributed by atoms with Crippen molar-refractivity contribution in [2.24, 2.45) is 5.73 Å². The second kappa shape index (κ2) is 7.06. The predicted molar refractivity (Wildman–Crippen MR) is 79.1 cm³/mol. The highest BCUT2D eigenvalue weighted by molar-refractivity contribution is 7.90. The van der Waals surface area contributed by atoms with Gasteiger partial charge in [-0.1, -0.05) is 19.1 Å². The molecule has 0 aliphatic rings. The van der Waals surface area contributed by atoms with E-state index in [0.717, 1.165) is 4.31 Å². The van der Waals surface area contributed by atoms with E-state index in [1.165, 1.54) is 0 Å². The molecule has 114 valence electrons. The van der Waals surface area contributed by atoms with Crippen LogP contribution in [0.15, 0.2) is 24.3 Å². The minimum atomic E-state index is -3.94. The number of rotatable bonds is 7. The van der Waals surface area contributed by atoms with Crippen LogP contribution in [0.3, 0.4) is 0 Å². The normalized spacial score (nSPS) is 12.8. The van der Waals surface area contributed by atoms with Gasteiger partial charge in [0.15, 0.2) is 5.25 Å². The van der Waals surface area contributed by atoms with Crippen LogP contribution in [0.5, 0.6) is 0 Å². The van der Waals surface area contributed by atoms with Crippen molar-refractivity contribution in [3.63, 3.8) is 0 Å². The smallest absolute Gasteiger partial charge is 0.232 e. The highest BCUT2D eigenvalue weighted by Gasteiger charge is 2.32. The van der Waals surface area contributed by atoms with Crippen LogP contribution < -0.4 is 11.5 Å². The van der Waals surface area contributed by atoms with E-state index in [-0.39, 0.29) is 13.0 Å². The van der Waals surface area contributed by atoms with Crippen molar-refractivity contribution in [3.8, 4) is 6.07 Å². The largest absolute Gasteiger partial charge is 0.399 e. The number of carbonyl (C=O) groups is 1. The van der Waals surface area contributed by atoms with Crippen LogP contribution >= 0.6 is 0 Å². The quantitative estimate of drug-likeness (QED) is 0.694. The SMILES string of the molecule is CCC(C#N)S(=O)(=O)N(CC(N)=O)Cc1cccc(N)c1. The number of sulfonamides is 1. The van der Waals surface area contributed by atoms with Gasteiger partial charge >= 0.3 is 0 Å². The van der Waals surface area contributed by atoms with Gasteiger partial charge in [-0.3, -0.25) is 4.79 Å². The number of hydrogen-bond donors (Lipinski definition) is 2. The van der Waals surface area contributed by atoms with E-state index in [0.29, 0.717) is 11.3 Å². The molecule has 1 atom stereocenters. The van der Waals surface area contributed by atoms with Gasteiger partial charge in [-0.25, -0.2) is 8.42 Å². The molecule has 1 unspecified atom stereocenters. The number of carbonyl (C=O) groups excluding carboxylic acids is 1. The fourth-order valence-corrected chi connectivity index (χ4v) is 3.40. The average molecular weight is 310 g/mol. The maximum absolute atomic E-state index is 12.4. The molecule has 0 bridgehead atoms. The number of anilines is 1. The van der Waals surface area contributed by atoms with Crippen molar-refractivity contribution < 1.29 is 13.2 Å². The zero-order valence-electron chi connectivity index (χ0n) is 11.7. The summed E-state index contributed by atoms with van der Waals surface area (Å²) in [6, 6.07) is 8.38. The van der Waals surface area contributed by atoms with Gasteiger partial charge in [0.25, 0.3) is 0 Å². The van der Waals surface area contributed by atoms with E-state index in [4.69, 9.17) is 16.7 Å². The lowest BCUT2D eigenvalue weighted by Gasteiger charge is -2.23. The Morgan fingerprint density at radius 3 is 2.62 bits per heavy atom. The fraction of sp³-hybridized carbons (Fsp3) is 0.385. The lowest BCUT2D eigenvalue weighted by Crippen LogP contribution is -2.42. The lowest BCUT2D eigenvalue weighted by molar-refractivity contribution is -0.118. The standard InChI is InChI=1S/C13H18N4O3S/c1-2-12(7-14)21(19,20)17(9-13(16)18)8-10-4-3-5-11(15)6-10/h3-6,12H,2,8-9,15H2,1H3,(H2,16,18). The van der Waals surface area contributed by atoms with Crippen molar-refractivity contribution in [2.45, 2.75) is 25.1 Å². The van der Waals surface area contributed by atoms with Gasteiger partial charge in [-0.2, -0.15) is 9.57 Å². The van der Waals surface area contributed by atoms with E-state index in [9.17, 15) is 13.2 Å². The summed E-state index contributed by atoms with van der Waals surface area (Å²) in [5, 5.41) is 7.75. The number of nitrogens with zero attached hydrogens (tertiary/aromatic N) is 2. The molecule has 21 heavy (non-hydrogen) atoms. The second-order valence-corrected chi connectivity index (χ2v) is 6.67. The van der Waals surface area contributed by atoms with Gasteiger partial charge < -0.3 is 11.5 Å². The van der Waals surface area contributed by atoms with Crippen molar-refractivity contribution in [1.29, 1.82) is 5.26 Å². The summed E-state index contributed by atoms with van der Waals surface area (Å²) in [7, 11) is -3.94. The molecule has 4 N–H and O–H groups in total. The fourth-order valence-electron chi connectivity index (χ4n) is 1.85. The van der Waals surface area contributed by atoms with Crippen LogP contribution in [0.25, 0.3) is 0 Å². The molecule has 0 fully saturated rings. The van der Waals surface area contributed by atoms with Gasteiger partial charge in [-0.15, -0.1) is 0 Å². The molecule has 0 aromatic heterocycles. The van der Waals surface area contributed by atoms with Crippen molar-refractivity contribution in [3.05, 3.63) is 29.8 Å². The highest BCUT2D eigenvalue weighted by atomic mass is 32.2. The van der Waals surface area contributed by atoms with E-state index < -0.39 is 27.7 Å². The molecule has 0 saturated carbocycles. The number of benzene rings is 1. The Morgan fingerprint density at radius 2 is 2.14 bits per heavy atom. The van der Waals surface area contributed by atoms with E-state index >= 15 is 0 Å². The third-order valence-corrected chi connectivity index (χ3v) is 5.01. The van der Waals surface area contributed by atoms with E-state index in [1.54, 1.807) is 37.3 Å². The summed E-state index contributed by atoms with van der Waals surface area (Å²) in [6.07, 6.45) is 0.130. The maximum atomic E-state index is 12.4. The van der Waals surface area contributed by atoms with Crippen molar-refractivity contribution >= 4 is 21.6 Å². The number of amides is 1. The van der Waals surface area contributed by atoms with Crippen LogP contribution in [0.2, 0.25) is 0 Å². The molecule has 0 aliphatic carbocycles. The summed E-state index contributed by atoms with van der Waals surface area (Å²) in [5.41, 5.74) is 11.8. The zero-order chi connectivity index (χ0) is 16.0. The highest BCUT2D eigenvalue weighted by Crippen LogP contribution is 2.17. The number of nitrogen functional groups attached to an aromatic ring is 1. The summed E-state index contributed by atoms with van der Waals surface area (Å²) in [4.78, 5) is 11.1. The first-order valence-corrected chi connectivity index (χ1v) is 7.82. The van der Waals surface area contributed by atoms with Gasteiger partial charge in [0.1, 0.15) is 0 Å². The number of nitrogens with two attached hydrogens (primary N) is 2. The third kappa shape index (κ3) is 4.44. The summed E-state index contributed by atoms with van der Waals surface area (Å²) in [5.74, 6) is -0.782. The molecule has 0 heterocycles. The lowest BCUT2D eigenvalue weighted by atomic mass is 10.2. The zero-order valence-corrected chi connectivity index (χ0v) is 12.5. The Kier molecular flexibility index (Phi) is 5.69. The monoisotopic (exact) mass is 310 g/mol. The second-order valence-electron chi connectivity index (χ2n) is 4.55. The molecule has 1 amide bonds. The third-order valence-electron chi connectivity index (χ3n) is 2.88. The Balaban J connectivity index is 3.12. The molecule has 1 rings (SSSR count). The Bertz CT molecular complexity index is 652. The van der Waals surface area contributed by atoms with Crippen LogP contribution in [0.4, 0.5) is 5.69 Å². The molecule has 1 aromatic rings. The average Bonchev–Trinajstić information content (AvgIpc) is 2.38. The van der Waals surface area contributed by atoms with Gasteiger partial charge in [0.05, 0.1) is 12.6 Å². The van der Waals surface area contributed by atoms with Crippen LogP contribution in [-0.2, 0) is 21.4 Å². The van der Waals surface area contributed by atoms with Crippen LogP contribution in [0.1, 0.15) is 18.9 Å². The molecule has 7 nitrogen and oxygen atoms in total. The van der Waals surface area contributed by atoms with E-state index in [2.05, 4.69) is 0 Å².